The Balaban J connectivity index is 2.37. The van der Waals surface area contributed by atoms with Gasteiger partial charge in [-0.05, 0) is 49.5 Å². The lowest BCUT2D eigenvalue weighted by Gasteiger charge is -2.41. The van der Waals surface area contributed by atoms with E-state index in [1.54, 1.807) is 0 Å². The Morgan fingerprint density at radius 2 is 1.91 bits per heavy atom. The van der Waals surface area contributed by atoms with Crippen molar-refractivity contribution in [1.82, 2.24) is 0 Å². The van der Waals surface area contributed by atoms with Gasteiger partial charge in [-0.2, -0.15) is 0 Å². The zero-order valence-electron chi connectivity index (χ0n) is 13.7. The molecule has 1 N–H and O–H groups in total. The maximum atomic E-state index is 12.3. The lowest BCUT2D eigenvalue weighted by molar-refractivity contribution is -0.143. The predicted octanol–water partition coefficient (Wildman–Crippen LogP) is 4.81. The fraction of sp³-hybridized carbons (Fsp3) is 0.579. The molecule has 0 heterocycles. The molecule has 0 atom stereocenters. The summed E-state index contributed by atoms with van der Waals surface area (Å²) in [4.78, 5) is 23.6. The molecule has 1 aromatic carbocycles. The van der Waals surface area contributed by atoms with E-state index in [0.717, 1.165) is 36.8 Å². The van der Waals surface area contributed by atoms with Gasteiger partial charge >= 0.3 is 5.97 Å². The van der Waals surface area contributed by atoms with Gasteiger partial charge < -0.3 is 5.11 Å². The van der Waals surface area contributed by atoms with Gasteiger partial charge in [0.2, 0.25) is 0 Å². The number of aliphatic carboxylic acids is 1. The Morgan fingerprint density at radius 1 is 1.26 bits per heavy atom. The van der Waals surface area contributed by atoms with Gasteiger partial charge in [-0.3, -0.25) is 9.59 Å². The summed E-state index contributed by atoms with van der Waals surface area (Å²) >= 11 is 5.92. The number of halogens is 1. The van der Waals surface area contributed by atoms with Crippen LogP contribution in [0.1, 0.15) is 67.8 Å². The van der Waals surface area contributed by atoms with Crippen molar-refractivity contribution in [3.63, 3.8) is 0 Å². The number of carbonyl (C=O) groups excluding carboxylic acids is 1. The highest BCUT2D eigenvalue weighted by Crippen LogP contribution is 2.46. The molecule has 4 heteroatoms. The molecule has 0 spiro atoms. The number of rotatable bonds is 7. The highest BCUT2D eigenvalue weighted by atomic mass is 35.5. The first-order valence-corrected chi connectivity index (χ1v) is 8.99. The molecule has 3 nitrogen and oxygen atoms in total. The van der Waals surface area contributed by atoms with Crippen molar-refractivity contribution in [2.75, 3.05) is 5.88 Å². The second-order valence-electron chi connectivity index (χ2n) is 6.51. The molecule has 0 radical (unpaired) electrons. The molecule has 1 aliphatic rings. The molecule has 0 bridgehead atoms. The van der Waals surface area contributed by atoms with Crippen LogP contribution in [0.4, 0.5) is 0 Å². The molecule has 1 saturated carbocycles. The largest absolute Gasteiger partial charge is 0.481 e. The number of alkyl halides is 1. The van der Waals surface area contributed by atoms with Crippen LogP contribution in [0.5, 0.6) is 0 Å². The summed E-state index contributed by atoms with van der Waals surface area (Å²) in [5.41, 5.74) is 1.79. The average Bonchev–Trinajstić information content (AvgIpc) is 2.59. The van der Waals surface area contributed by atoms with Crippen molar-refractivity contribution < 1.29 is 14.7 Å². The number of ketones is 1. The van der Waals surface area contributed by atoms with Crippen LogP contribution in [0.15, 0.2) is 24.3 Å². The first kappa shape index (κ1) is 18.0. The van der Waals surface area contributed by atoms with E-state index >= 15 is 0 Å². The van der Waals surface area contributed by atoms with Crippen molar-refractivity contribution in [3.8, 4) is 0 Å². The molecule has 126 valence electrons. The number of carbonyl (C=O) groups is 2. The Bertz CT molecular complexity index is 559. The van der Waals surface area contributed by atoms with Gasteiger partial charge in [-0.25, -0.2) is 0 Å². The SMILES string of the molecule is CCC(=O)c1ccccc1C1(CCCCl)CCC(C(=O)O)CC1. The number of Topliss-reactive ketones (excluding diaryl/α,β-unsaturated/α-hetero) is 1. The van der Waals surface area contributed by atoms with Crippen LogP contribution in [-0.2, 0) is 10.2 Å². The molecule has 0 aliphatic heterocycles. The van der Waals surface area contributed by atoms with E-state index in [0.29, 0.717) is 25.1 Å². The van der Waals surface area contributed by atoms with Crippen molar-refractivity contribution in [2.45, 2.75) is 57.3 Å². The van der Waals surface area contributed by atoms with E-state index in [9.17, 15) is 14.7 Å². The van der Waals surface area contributed by atoms with Crippen LogP contribution in [-0.4, -0.2) is 22.7 Å². The van der Waals surface area contributed by atoms with Crippen LogP contribution in [0, 0.1) is 5.92 Å². The minimum absolute atomic E-state index is 0.109. The molecule has 2 rings (SSSR count). The Hall–Kier alpha value is -1.35. The van der Waals surface area contributed by atoms with Gasteiger partial charge in [0, 0.05) is 17.9 Å². The van der Waals surface area contributed by atoms with Gasteiger partial charge in [-0.1, -0.05) is 31.2 Å². The predicted molar refractivity (Wildman–Crippen MR) is 92.3 cm³/mol. The van der Waals surface area contributed by atoms with Gasteiger partial charge in [-0.15, -0.1) is 11.6 Å². The Labute approximate surface area is 143 Å². The molecule has 1 fully saturated rings. The van der Waals surface area contributed by atoms with Crippen molar-refractivity contribution in [3.05, 3.63) is 35.4 Å². The second-order valence-corrected chi connectivity index (χ2v) is 6.89. The lowest BCUT2D eigenvalue weighted by atomic mass is 9.63. The minimum Gasteiger partial charge on any atom is -0.481 e. The monoisotopic (exact) mass is 336 g/mol. The van der Waals surface area contributed by atoms with Crippen molar-refractivity contribution in [2.24, 2.45) is 5.92 Å². The van der Waals surface area contributed by atoms with E-state index in [1.807, 2.05) is 25.1 Å². The molecular weight excluding hydrogens is 312 g/mol. The standard InChI is InChI=1S/C19H25ClO3/c1-2-17(21)15-6-3-4-7-16(15)19(10-5-13-20)11-8-14(9-12-19)18(22)23/h3-4,6-7,14H,2,5,8-13H2,1H3,(H,22,23). The number of hydrogen-bond acceptors (Lipinski definition) is 2. The van der Waals surface area contributed by atoms with Crippen LogP contribution in [0.3, 0.4) is 0 Å². The molecule has 0 amide bonds. The zero-order valence-corrected chi connectivity index (χ0v) is 14.4. The van der Waals surface area contributed by atoms with Gasteiger partial charge in [0.1, 0.15) is 0 Å². The van der Waals surface area contributed by atoms with Gasteiger partial charge in [0.25, 0.3) is 0 Å². The highest BCUT2D eigenvalue weighted by molar-refractivity contribution is 6.17. The highest BCUT2D eigenvalue weighted by Gasteiger charge is 2.40. The van der Waals surface area contributed by atoms with Gasteiger partial charge in [0.15, 0.2) is 5.78 Å². The number of carboxylic acid groups (broad SMARTS) is 1. The third-order valence-corrected chi connectivity index (χ3v) is 5.47. The average molecular weight is 337 g/mol. The maximum absolute atomic E-state index is 12.3. The molecule has 0 saturated heterocycles. The van der Waals surface area contributed by atoms with Crippen LogP contribution < -0.4 is 0 Å². The number of hydrogen-bond donors (Lipinski definition) is 1. The third-order valence-electron chi connectivity index (χ3n) is 5.20. The first-order chi connectivity index (χ1) is 11.0. The summed E-state index contributed by atoms with van der Waals surface area (Å²) in [6.07, 6.45) is 5.26. The van der Waals surface area contributed by atoms with Crippen molar-refractivity contribution in [1.29, 1.82) is 0 Å². The van der Waals surface area contributed by atoms with Crippen LogP contribution >= 0.6 is 11.6 Å². The molecule has 23 heavy (non-hydrogen) atoms. The second kappa shape index (κ2) is 7.96. The van der Waals surface area contributed by atoms with E-state index in [4.69, 9.17) is 11.6 Å². The van der Waals surface area contributed by atoms with Crippen LogP contribution in [0.25, 0.3) is 0 Å². The topological polar surface area (TPSA) is 54.4 Å². The lowest BCUT2D eigenvalue weighted by Crippen LogP contribution is -2.35. The first-order valence-electron chi connectivity index (χ1n) is 8.45. The van der Waals surface area contributed by atoms with E-state index in [1.165, 1.54) is 0 Å². The number of carboxylic acids is 1. The number of benzene rings is 1. The maximum Gasteiger partial charge on any atom is 0.306 e. The molecule has 1 aromatic rings. The normalized spacial score (nSPS) is 24.3. The molecule has 0 unspecified atom stereocenters. The zero-order chi connectivity index (χ0) is 16.9. The van der Waals surface area contributed by atoms with Crippen molar-refractivity contribution >= 4 is 23.4 Å². The summed E-state index contributed by atoms with van der Waals surface area (Å²) in [7, 11) is 0. The Kier molecular flexibility index (Phi) is 6.23. The van der Waals surface area contributed by atoms with Gasteiger partial charge in [0.05, 0.1) is 5.92 Å². The van der Waals surface area contributed by atoms with Crippen LogP contribution in [0.2, 0.25) is 0 Å². The smallest absolute Gasteiger partial charge is 0.306 e. The quantitative estimate of drug-likeness (QED) is 0.574. The summed E-state index contributed by atoms with van der Waals surface area (Å²) in [5.74, 6) is -0.207. The fourth-order valence-corrected chi connectivity index (χ4v) is 3.99. The summed E-state index contributed by atoms with van der Waals surface area (Å²) in [6.45, 7) is 1.88. The minimum atomic E-state index is -0.700. The summed E-state index contributed by atoms with van der Waals surface area (Å²) in [5, 5.41) is 9.26. The summed E-state index contributed by atoms with van der Waals surface area (Å²) < 4.78 is 0. The molecule has 1 aliphatic carbocycles. The molecular formula is C19H25ClO3. The van der Waals surface area contributed by atoms with E-state index in [-0.39, 0.29) is 17.1 Å². The van der Waals surface area contributed by atoms with E-state index < -0.39 is 5.97 Å². The summed E-state index contributed by atoms with van der Waals surface area (Å²) in [6, 6.07) is 7.85. The fourth-order valence-electron chi connectivity index (χ4n) is 3.86. The molecule has 0 aromatic heterocycles. The Morgan fingerprint density at radius 3 is 2.48 bits per heavy atom. The third kappa shape index (κ3) is 3.95. The van der Waals surface area contributed by atoms with E-state index in [2.05, 4.69) is 6.07 Å².